The summed E-state index contributed by atoms with van der Waals surface area (Å²) in [6.45, 7) is 5.00. The number of hydrogen-bond donors (Lipinski definition) is 2. The zero-order valence-corrected chi connectivity index (χ0v) is 9.25. The minimum Gasteiger partial charge on any atom is -0.393 e. The number of aliphatic hydroxyl groups excluding tert-OH is 1. The maximum absolute atomic E-state index is 12.0. The van der Waals surface area contributed by atoms with Gasteiger partial charge in [-0.1, -0.05) is 20.8 Å². The molecule has 0 aliphatic heterocycles. The highest BCUT2D eigenvalue weighted by Gasteiger charge is 2.39. The van der Waals surface area contributed by atoms with Gasteiger partial charge >= 0.3 is 6.18 Å². The summed E-state index contributed by atoms with van der Waals surface area (Å²) in [4.78, 5) is 0. The molecule has 0 bridgehead atoms. The van der Waals surface area contributed by atoms with Gasteiger partial charge in [-0.2, -0.15) is 13.2 Å². The Labute approximate surface area is 88.1 Å². The fraction of sp³-hybridized carbons (Fsp3) is 1.00. The van der Waals surface area contributed by atoms with Crippen LogP contribution in [0.4, 0.5) is 13.2 Å². The Bertz CT molecular complexity index is 149. The Kier molecular flexibility index (Phi) is 6.09. The van der Waals surface area contributed by atoms with E-state index in [0.717, 1.165) is 0 Å². The molecule has 0 radical (unpaired) electrons. The smallest absolute Gasteiger partial charge is 0.393 e. The minimum atomic E-state index is -4.42. The van der Waals surface area contributed by atoms with Gasteiger partial charge in [0.2, 0.25) is 0 Å². The molecule has 88 valence electrons. The highest BCUT2D eigenvalue weighted by atomic mass is 35.5. The third kappa shape index (κ3) is 5.67. The lowest BCUT2D eigenvalue weighted by atomic mass is 9.85. The van der Waals surface area contributed by atoms with Gasteiger partial charge in [-0.05, 0) is 11.8 Å². The molecule has 6 heteroatoms. The molecule has 0 aromatic rings. The summed E-state index contributed by atoms with van der Waals surface area (Å²) in [7, 11) is 0. The second-order valence-corrected chi connectivity index (χ2v) is 4.27. The van der Waals surface area contributed by atoms with Crippen molar-refractivity contribution in [3.05, 3.63) is 0 Å². The lowest BCUT2D eigenvalue weighted by molar-refractivity contribution is -0.156. The van der Waals surface area contributed by atoms with E-state index in [2.05, 4.69) is 0 Å². The van der Waals surface area contributed by atoms with Crippen molar-refractivity contribution in [2.24, 2.45) is 11.1 Å². The number of hydrogen-bond acceptors (Lipinski definition) is 2. The first-order valence-electron chi connectivity index (χ1n) is 4.05. The molecule has 0 saturated carbocycles. The van der Waals surface area contributed by atoms with E-state index in [-0.39, 0.29) is 12.4 Å². The molecular weight excluding hydrogens is 219 g/mol. The van der Waals surface area contributed by atoms with Crippen molar-refractivity contribution >= 4 is 12.4 Å². The van der Waals surface area contributed by atoms with Gasteiger partial charge in [0.05, 0.1) is 6.10 Å². The fourth-order valence-electron chi connectivity index (χ4n) is 0.728. The number of aliphatic hydroxyl groups is 1. The lowest BCUT2D eigenvalue weighted by Crippen LogP contribution is -2.43. The monoisotopic (exact) mass is 235 g/mol. The van der Waals surface area contributed by atoms with Gasteiger partial charge in [0.15, 0.2) is 0 Å². The third-order valence-electron chi connectivity index (χ3n) is 1.90. The molecule has 2 atom stereocenters. The highest BCUT2D eigenvalue weighted by molar-refractivity contribution is 5.85. The molecule has 0 rings (SSSR count). The Hall–Kier alpha value is -0.0000000000000000555. The topological polar surface area (TPSA) is 46.2 Å². The van der Waals surface area contributed by atoms with Crippen molar-refractivity contribution in [1.29, 1.82) is 0 Å². The molecule has 0 aliphatic rings. The van der Waals surface area contributed by atoms with Crippen LogP contribution >= 0.6 is 12.4 Å². The first-order valence-corrected chi connectivity index (χ1v) is 4.05. The molecule has 3 N–H and O–H groups in total. The summed E-state index contributed by atoms with van der Waals surface area (Å²) in [6.07, 6.45) is -5.91. The summed E-state index contributed by atoms with van der Waals surface area (Å²) in [5, 5.41) is 9.34. The Morgan fingerprint density at radius 2 is 1.57 bits per heavy atom. The Morgan fingerprint density at radius 1 is 1.21 bits per heavy atom. The predicted octanol–water partition coefficient (Wildman–Crippen LogP) is 2.09. The second kappa shape index (κ2) is 5.19. The van der Waals surface area contributed by atoms with Gasteiger partial charge < -0.3 is 10.8 Å². The standard InChI is InChI=1S/C8H16F3NO.ClH/c1-7(2,3)6(13)4-5(12)8(9,10)11;/h5-6,13H,4,12H2,1-3H3;1H/t5-,6-;/m0./s1. The number of alkyl halides is 3. The molecule has 0 saturated heterocycles. The van der Waals surface area contributed by atoms with Gasteiger partial charge in [0, 0.05) is 0 Å². The molecule has 0 aliphatic carbocycles. The summed E-state index contributed by atoms with van der Waals surface area (Å²) < 4.78 is 35.9. The summed E-state index contributed by atoms with van der Waals surface area (Å²) >= 11 is 0. The van der Waals surface area contributed by atoms with Crippen molar-refractivity contribution in [3.63, 3.8) is 0 Å². The van der Waals surface area contributed by atoms with E-state index in [4.69, 9.17) is 5.73 Å². The maximum atomic E-state index is 12.0. The van der Waals surface area contributed by atoms with E-state index >= 15 is 0 Å². The molecule has 0 amide bonds. The van der Waals surface area contributed by atoms with E-state index in [1.807, 2.05) is 0 Å². The van der Waals surface area contributed by atoms with Crippen molar-refractivity contribution in [3.8, 4) is 0 Å². The van der Waals surface area contributed by atoms with Gasteiger partial charge in [-0.25, -0.2) is 0 Å². The van der Waals surface area contributed by atoms with Gasteiger partial charge in [0.1, 0.15) is 6.04 Å². The van der Waals surface area contributed by atoms with Crippen LogP contribution in [0.5, 0.6) is 0 Å². The van der Waals surface area contributed by atoms with Crippen molar-refractivity contribution in [2.75, 3.05) is 0 Å². The Balaban J connectivity index is 0. The van der Waals surface area contributed by atoms with Crippen molar-refractivity contribution < 1.29 is 18.3 Å². The van der Waals surface area contributed by atoms with Crippen LogP contribution in [-0.4, -0.2) is 23.4 Å². The average Bonchev–Trinajstić information content (AvgIpc) is 1.82. The summed E-state index contributed by atoms with van der Waals surface area (Å²) in [6, 6.07) is -1.94. The molecule has 0 fully saturated rings. The molecule has 0 aromatic carbocycles. The van der Waals surface area contributed by atoms with Crippen molar-refractivity contribution in [2.45, 2.75) is 45.5 Å². The molecule has 14 heavy (non-hydrogen) atoms. The van der Waals surface area contributed by atoms with Crippen LogP contribution in [0.1, 0.15) is 27.2 Å². The first kappa shape index (κ1) is 16.4. The quantitative estimate of drug-likeness (QED) is 0.770. The average molecular weight is 236 g/mol. The number of halogens is 4. The van der Waals surface area contributed by atoms with E-state index in [0.29, 0.717) is 0 Å². The largest absolute Gasteiger partial charge is 0.403 e. The van der Waals surface area contributed by atoms with Gasteiger partial charge in [0.25, 0.3) is 0 Å². The molecule has 2 nitrogen and oxygen atoms in total. The third-order valence-corrected chi connectivity index (χ3v) is 1.90. The van der Waals surface area contributed by atoms with E-state index in [9.17, 15) is 18.3 Å². The predicted molar refractivity (Wildman–Crippen MR) is 51.4 cm³/mol. The van der Waals surface area contributed by atoms with E-state index < -0.39 is 30.2 Å². The van der Waals surface area contributed by atoms with Crippen molar-refractivity contribution in [1.82, 2.24) is 0 Å². The normalized spacial score (nSPS) is 17.1. The minimum absolute atomic E-state index is 0. The molecule has 0 aromatic heterocycles. The first-order chi connectivity index (χ1) is 5.55. The van der Waals surface area contributed by atoms with Crippen LogP contribution in [0.25, 0.3) is 0 Å². The summed E-state index contributed by atoms with van der Waals surface area (Å²) in [5.74, 6) is 0. The van der Waals surface area contributed by atoms with Crippen LogP contribution in [-0.2, 0) is 0 Å². The van der Waals surface area contributed by atoms with Gasteiger partial charge in [-0.3, -0.25) is 0 Å². The zero-order chi connectivity index (χ0) is 10.9. The SMILES string of the molecule is CC(C)(C)[C@@H](O)C[C@H](N)C(F)(F)F.Cl. The molecule has 0 spiro atoms. The van der Waals surface area contributed by atoms with E-state index in [1.54, 1.807) is 20.8 Å². The second-order valence-electron chi connectivity index (χ2n) is 4.27. The summed E-state index contributed by atoms with van der Waals surface area (Å²) in [5.41, 5.74) is 4.30. The number of rotatable bonds is 2. The van der Waals surface area contributed by atoms with E-state index in [1.165, 1.54) is 0 Å². The lowest BCUT2D eigenvalue weighted by Gasteiger charge is -2.28. The van der Waals surface area contributed by atoms with Gasteiger partial charge in [-0.15, -0.1) is 12.4 Å². The number of nitrogens with two attached hydrogens (primary N) is 1. The molecule has 0 heterocycles. The van der Waals surface area contributed by atoms with Crippen LogP contribution in [0, 0.1) is 5.41 Å². The van der Waals surface area contributed by atoms with Crippen LogP contribution in [0.15, 0.2) is 0 Å². The Morgan fingerprint density at radius 3 is 1.79 bits per heavy atom. The van der Waals surface area contributed by atoms with Crippen LogP contribution < -0.4 is 5.73 Å². The van der Waals surface area contributed by atoms with Crippen LogP contribution in [0.2, 0.25) is 0 Å². The van der Waals surface area contributed by atoms with Crippen LogP contribution in [0.3, 0.4) is 0 Å². The molecular formula is C8H17ClF3NO. The fourth-order valence-corrected chi connectivity index (χ4v) is 0.728. The maximum Gasteiger partial charge on any atom is 0.403 e. The molecule has 0 unspecified atom stereocenters. The highest BCUT2D eigenvalue weighted by Crippen LogP contribution is 2.27. The zero-order valence-electron chi connectivity index (χ0n) is 8.43.